The van der Waals surface area contributed by atoms with Crippen LogP contribution in [0, 0.1) is 40.4 Å². The van der Waals surface area contributed by atoms with Gasteiger partial charge in [0.1, 0.15) is 17.3 Å². The molecule has 7 bridgehead atoms. The first-order chi connectivity index (χ1) is 22.4. The summed E-state index contributed by atoms with van der Waals surface area (Å²) < 4.78 is 12.9. The molecule has 1 N–H and O–H groups in total. The van der Waals surface area contributed by atoms with E-state index in [0.29, 0.717) is 17.8 Å². The molecule has 10 rings (SSSR count). The molecule has 3 aliphatic heterocycles. The number of aromatic nitrogens is 1. The van der Waals surface area contributed by atoms with E-state index in [4.69, 9.17) is 9.47 Å². The third-order valence-corrected chi connectivity index (χ3v) is 15.6. The predicted octanol–water partition coefficient (Wildman–Crippen LogP) is 8.69. The van der Waals surface area contributed by atoms with Gasteiger partial charge in [0.15, 0.2) is 0 Å². The summed E-state index contributed by atoms with van der Waals surface area (Å²) in [5, 5.41) is 3.49. The van der Waals surface area contributed by atoms with Gasteiger partial charge in [0, 0.05) is 29.0 Å². The lowest BCUT2D eigenvalue weighted by Crippen LogP contribution is -2.53. The fraction of sp³-hybridized carbons (Fsp3) is 0.605. The molecule has 6 aliphatic carbocycles. The molecule has 3 fully saturated rings. The normalized spacial score (nSPS) is 36.2. The number of carbonyl (C=O) groups is 2. The maximum absolute atomic E-state index is 14.3. The van der Waals surface area contributed by atoms with E-state index in [1.807, 2.05) is 27.8 Å². The number of rotatable bonds is 2. The first-order valence-electron chi connectivity index (χ1n) is 17.7. The van der Waals surface area contributed by atoms with Gasteiger partial charge in [0.2, 0.25) is 0 Å². The molecule has 1 spiro atoms. The Labute approximate surface area is 280 Å². The smallest absolute Gasteiger partial charge is 0.340 e. The highest BCUT2D eigenvalue weighted by molar-refractivity contribution is 8.76. The molecule has 242 valence electrons. The molecule has 46 heavy (non-hydrogen) atoms. The first-order valence-corrected chi connectivity index (χ1v) is 20.2. The lowest BCUT2D eigenvalue weighted by molar-refractivity contribution is -0.135. The molecule has 0 aromatic carbocycles. The SMILES string of the molecule is CCC1(C2=C3OC(=O)C4=C3C(CC2)CC2C3CCC5(C6=CCC(C)CSSCNc7cc(ccn7)CC3=C5C(=O)O6)C42)CCCC1. The van der Waals surface area contributed by atoms with Crippen LogP contribution in [0.1, 0.15) is 90.0 Å². The maximum atomic E-state index is 14.3. The van der Waals surface area contributed by atoms with Gasteiger partial charge in [-0.1, -0.05) is 53.9 Å². The van der Waals surface area contributed by atoms with Crippen LogP contribution in [0.25, 0.3) is 0 Å². The second-order valence-electron chi connectivity index (χ2n) is 15.2. The van der Waals surface area contributed by atoms with Crippen molar-refractivity contribution >= 4 is 39.3 Å². The molecule has 1 saturated heterocycles. The molecule has 0 amide bonds. The number of esters is 2. The zero-order valence-electron chi connectivity index (χ0n) is 27.0. The van der Waals surface area contributed by atoms with Crippen molar-refractivity contribution in [2.24, 2.45) is 40.4 Å². The topological polar surface area (TPSA) is 77.5 Å². The summed E-state index contributed by atoms with van der Waals surface area (Å²) in [5.41, 5.74) is 6.43. The number of pyridine rings is 1. The summed E-state index contributed by atoms with van der Waals surface area (Å²) in [7, 11) is 3.69. The predicted molar refractivity (Wildman–Crippen MR) is 182 cm³/mol. The summed E-state index contributed by atoms with van der Waals surface area (Å²) in [6.45, 7) is 4.60. The zero-order valence-corrected chi connectivity index (χ0v) is 28.6. The van der Waals surface area contributed by atoms with Gasteiger partial charge in [0.25, 0.3) is 0 Å². The minimum absolute atomic E-state index is 0.0618. The minimum Gasteiger partial charge on any atom is -0.427 e. The van der Waals surface area contributed by atoms with Crippen LogP contribution in [-0.2, 0) is 25.5 Å². The highest BCUT2D eigenvalue weighted by Crippen LogP contribution is 2.72. The van der Waals surface area contributed by atoms with Gasteiger partial charge in [-0.3, -0.25) is 0 Å². The van der Waals surface area contributed by atoms with Gasteiger partial charge < -0.3 is 14.8 Å². The summed E-state index contributed by atoms with van der Waals surface area (Å²) in [4.78, 5) is 33.1. The largest absolute Gasteiger partial charge is 0.427 e. The molecular weight excluding hydrogens is 613 g/mol. The van der Waals surface area contributed by atoms with Gasteiger partial charge in [-0.25, -0.2) is 14.6 Å². The molecule has 6 nitrogen and oxygen atoms in total. The van der Waals surface area contributed by atoms with E-state index < -0.39 is 5.41 Å². The van der Waals surface area contributed by atoms with Crippen LogP contribution in [0.3, 0.4) is 0 Å². The van der Waals surface area contributed by atoms with E-state index in [0.717, 1.165) is 91.5 Å². The Bertz CT molecular complexity index is 1650. The van der Waals surface area contributed by atoms with Crippen molar-refractivity contribution in [1.82, 2.24) is 4.98 Å². The quantitative estimate of drug-likeness (QED) is 0.250. The lowest BCUT2D eigenvalue weighted by atomic mass is 9.43. The molecule has 9 aliphatic rings. The Kier molecular flexibility index (Phi) is 7.12. The number of carbonyl (C=O) groups excluding carboxylic acids is 2. The molecule has 0 radical (unpaired) electrons. The fourth-order valence-electron chi connectivity index (χ4n) is 11.2. The van der Waals surface area contributed by atoms with E-state index in [1.165, 1.54) is 48.0 Å². The third kappa shape index (κ3) is 4.20. The van der Waals surface area contributed by atoms with Crippen LogP contribution >= 0.6 is 21.6 Å². The monoisotopic (exact) mass is 656 g/mol. The average Bonchev–Trinajstić information content (AvgIpc) is 3.76. The molecule has 4 heterocycles. The van der Waals surface area contributed by atoms with Gasteiger partial charge in [0.05, 0.1) is 16.9 Å². The van der Waals surface area contributed by atoms with Gasteiger partial charge in [-0.2, -0.15) is 0 Å². The fourth-order valence-corrected chi connectivity index (χ4v) is 13.4. The molecule has 1 aromatic rings. The third-order valence-electron chi connectivity index (χ3n) is 13.2. The van der Waals surface area contributed by atoms with Gasteiger partial charge in [-0.15, -0.1) is 0 Å². The van der Waals surface area contributed by atoms with E-state index in [1.54, 1.807) is 0 Å². The number of hydrogen-bond donors (Lipinski definition) is 1. The van der Waals surface area contributed by atoms with E-state index in [2.05, 4.69) is 42.4 Å². The summed E-state index contributed by atoms with van der Waals surface area (Å²) in [6, 6.07) is 4.25. The van der Waals surface area contributed by atoms with Crippen LogP contribution in [0.4, 0.5) is 5.82 Å². The number of ether oxygens (including phenoxy) is 2. The van der Waals surface area contributed by atoms with Crippen LogP contribution < -0.4 is 5.32 Å². The lowest BCUT2D eigenvalue weighted by Gasteiger charge is -2.57. The van der Waals surface area contributed by atoms with E-state index >= 15 is 0 Å². The Morgan fingerprint density at radius 3 is 2.78 bits per heavy atom. The number of fused-ring (bicyclic) bond motifs is 3. The van der Waals surface area contributed by atoms with E-state index in [-0.39, 0.29) is 29.2 Å². The summed E-state index contributed by atoms with van der Waals surface area (Å²) in [5.74, 6) is 5.42. The van der Waals surface area contributed by atoms with Crippen LogP contribution in [-0.4, -0.2) is 28.6 Å². The minimum atomic E-state index is -0.589. The Balaban J connectivity index is 1.24. The number of anilines is 1. The maximum Gasteiger partial charge on any atom is 0.340 e. The average molecular weight is 657 g/mol. The zero-order chi connectivity index (χ0) is 31.2. The molecule has 8 heteroatoms. The second kappa shape index (κ2) is 11.0. The van der Waals surface area contributed by atoms with Crippen LogP contribution in [0.5, 0.6) is 0 Å². The molecular formula is C38H44N2O4S2. The molecule has 2 saturated carbocycles. The van der Waals surface area contributed by atoms with Crippen molar-refractivity contribution in [1.29, 1.82) is 0 Å². The molecule has 6 atom stereocenters. The van der Waals surface area contributed by atoms with Crippen molar-refractivity contribution in [3.05, 3.63) is 69.4 Å². The number of nitrogens with one attached hydrogen (secondary N) is 1. The molecule has 6 unspecified atom stereocenters. The highest BCUT2D eigenvalue weighted by atomic mass is 33.1. The first kappa shape index (κ1) is 29.7. The van der Waals surface area contributed by atoms with Crippen molar-refractivity contribution in [3.63, 3.8) is 0 Å². The summed E-state index contributed by atoms with van der Waals surface area (Å²) >= 11 is 0. The Morgan fingerprint density at radius 1 is 1.07 bits per heavy atom. The van der Waals surface area contributed by atoms with Gasteiger partial charge >= 0.3 is 11.9 Å². The Hall–Kier alpha value is -2.45. The van der Waals surface area contributed by atoms with Gasteiger partial charge in [-0.05, 0) is 123 Å². The van der Waals surface area contributed by atoms with Crippen molar-refractivity contribution < 1.29 is 19.1 Å². The van der Waals surface area contributed by atoms with Crippen LogP contribution in [0.15, 0.2) is 63.8 Å². The standard InChI is InChI=1S/C38H44N2O4S2/c1-3-37(12-4-5-13-37)27-8-7-23-18-26-24-10-14-38(32(26)31-30(23)34(27)44-35(31)41)28-9-6-21(2)19-45-46-20-40-29-17-22(11-15-39-29)16-25(24)33(38)36(42)43-28/h9,11,15,17,21,23-24,26,32H,3-8,10,12-14,16,18-20H2,1-2H3,(H,39,40). The van der Waals surface area contributed by atoms with E-state index in [9.17, 15) is 9.59 Å². The Morgan fingerprint density at radius 2 is 1.93 bits per heavy atom. The van der Waals surface area contributed by atoms with Crippen molar-refractivity contribution in [2.45, 2.75) is 90.9 Å². The van der Waals surface area contributed by atoms with Crippen LogP contribution in [0.2, 0.25) is 0 Å². The van der Waals surface area contributed by atoms with Crippen molar-refractivity contribution in [3.8, 4) is 0 Å². The van der Waals surface area contributed by atoms with Crippen molar-refractivity contribution in [2.75, 3.05) is 16.9 Å². The number of allylic oxidation sites excluding steroid dienone is 5. The number of hydrogen-bond acceptors (Lipinski definition) is 8. The number of nitrogens with zero attached hydrogens (tertiary/aromatic N) is 1. The highest BCUT2D eigenvalue weighted by Gasteiger charge is 2.69. The molecule has 1 aromatic heterocycles. The second-order valence-corrected chi connectivity index (χ2v) is 17.8. The summed E-state index contributed by atoms with van der Waals surface area (Å²) in [6.07, 6.45) is 16.9.